The van der Waals surface area contributed by atoms with Crippen LogP contribution in [0.2, 0.25) is 0 Å². The van der Waals surface area contributed by atoms with E-state index in [1.165, 1.54) is 0 Å². The van der Waals surface area contributed by atoms with Crippen LogP contribution in [-0.2, 0) is 9.53 Å². The van der Waals surface area contributed by atoms with Crippen molar-refractivity contribution in [1.82, 2.24) is 4.90 Å². The fourth-order valence-electron chi connectivity index (χ4n) is 2.53. The summed E-state index contributed by atoms with van der Waals surface area (Å²) in [4.78, 5) is 25.9. The molecule has 0 bridgehead atoms. The van der Waals surface area contributed by atoms with Gasteiger partial charge in [-0.2, -0.15) is 0 Å². The van der Waals surface area contributed by atoms with Gasteiger partial charge in [0.1, 0.15) is 0 Å². The Morgan fingerprint density at radius 2 is 2.05 bits per heavy atom. The van der Waals surface area contributed by atoms with Crippen LogP contribution in [-0.4, -0.2) is 43.5 Å². The minimum absolute atomic E-state index is 0.0356. The van der Waals surface area contributed by atoms with E-state index in [0.29, 0.717) is 17.9 Å². The number of benzene rings is 1. The second-order valence-electron chi connectivity index (χ2n) is 5.39. The Morgan fingerprint density at radius 1 is 1.33 bits per heavy atom. The molecule has 0 aliphatic carbocycles. The van der Waals surface area contributed by atoms with Crippen molar-refractivity contribution in [3.63, 3.8) is 0 Å². The van der Waals surface area contributed by atoms with Gasteiger partial charge in [-0.3, -0.25) is 4.79 Å². The number of nitrogens with one attached hydrogen (secondary N) is 1. The molecule has 0 radical (unpaired) electrons. The Labute approximate surface area is 125 Å². The zero-order valence-electron chi connectivity index (χ0n) is 12.6. The van der Waals surface area contributed by atoms with E-state index in [2.05, 4.69) is 10.2 Å². The van der Waals surface area contributed by atoms with Gasteiger partial charge in [-0.25, -0.2) is 4.79 Å². The van der Waals surface area contributed by atoms with Crippen LogP contribution in [0, 0.1) is 5.92 Å². The number of nitrogens with zero attached hydrogens (tertiary/aromatic N) is 1. The summed E-state index contributed by atoms with van der Waals surface area (Å²) in [5, 5.41) is 2.91. The molecule has 0 unspecified atom stereocenters. The van der Waals surface area contributed by atoms with Crippen molar-refractivity contribution >= 4 is 17.6 Å². The molecule has 1 atom stereocenters. The number of hydrogen-bond acceptors (Lipinski definition) is 4. The lowest BCUT2D eigenvalue weighted by Gasteiger charge is -2.28. The molecular formula is C16H22N2O3. The van der Waals surface area contributed by atoms with Crippen LogP contribution in [0.25, 0.3) is 0 Å². The minimum atomic E-state index is -0.343. The third kappa shape index (κ3) is 4.29. The van der Waals surface area contributed by atoms with Crippen molar-refractivity contribution < 1.29 is 14.3 Å². The predicted octanol–water partition coefficient (Wildman–Crippen LogP) is 2.14. The number of hydrogen-bond donors (Lipinski definition) is 1. The van der Waals surface area contributed by atoms with Gasteiger partial charge >= 0.3 is 5.97 Å². The highest BCUT2D eigenvalue weighted by molar-refractivity contribution is 5.94. The summed E-state index contributed by atoms with van der Waals surface area (Å²) in [7, 11) is 2.04. The fraction of sp³-hybridized carbons (Fsp3) is 0.500. The van der Waals surface area contributed by atoms with Gasteiger partial charge in [-0.15, -0.1) is 0 Å². The van der Waals surface area contributed by atoms with E-state index in [0.717, 1.165) is 25.9 Å². The van der Waals surface area contributed by atoms with Crippen molar-refractivity contribution in [2.24, 2.45) is 5.92 Å². The van der Waals surface area contributed by atoms with Gasteiger partial charge in [0.25, 0.3) is 0 Å². The number of carbonyl (C=O) groups excluding carboxylic acids is 2. The van der Waals surface area contributed by atoms with E-state index in [-0.39, 0.29) is 17.8 Å². The number of amides is 1. The van der Waals surface area contributed by atoms with E-state index in [4.69, 9.17) is 4.74 Å². The van der Waals surface area contributed by atoms with Crippen molar-refractivity contribution in [1.29, 1.82) is 0 Å². The molecule has 1 aromatic carbocycles. The van der Waals surface area contributed by atoms with Gasteiger partial charge in [-0.1, -0.05) is 0 Å². The number of esters is 1. The Kier molecular flexibility index (Phi) is 5.33. The summed E-state index contributed by atoms with van der Waals surface area (Å²) in [6.07, 6.45) is 1.98. The van der Waals surface area contributed by atoms with Crippen molar-refractivity contribution in [3.8, 4) is 0 Å². The number of piperidine rings is 1. The molecule has 0 spiro atoms. The smallest absolute Gasteiger partial charge is 0.338 e. The van der Waals surface area contributed by atoms with Crippen LogP contribution in [0.3, 0.4) is 0 Å². The van der Waals surface area contributed by atoms with Crippen LogP contribution < -0.4 is 5.32 Å². The zero-order chi connectivity index (χ0) is 15.2. The molecule has 1 saturated heterocycles. The van der Waals surface area contributed by atoms with Crippen LogP contribution in [0.5, 0.6) is 0 Å². The van der Waals surface area contributed by atoms with Crippen LogP contribution in [0.4, 0.5) is 5.69 Å². The molecule has 5 heteroatoms. The number of ether oxygens (including phenoxy) is 1. The van der Waals surface area contributed by atoms with Crippen molar-refractivity contribution in [2.75, 3.05) is 32.1 Å². The highest BCUT2D eigenvalue weighted by Crippen LogP contribution is 2.18. The number of rotatable bonds is 4. The fourth-order valence-corrected chi connectivity index (χ4v) is 2.53. The predicted molar refractivity (Wildman–Crippen MR) is 81.2 cm³/mol. The Balaban J connectivity index is 1.93. The molecule has 1 aromatic rings. The lowest BCUT2D eigenvalue weighted by atomic mass is 9.97. The third-order valence-corrected chi connectivity index (χ3v) is 3.66. The Bertz CT molecular complexity index is 499. The molecule has 1 aliphatic heterocycles. The molecule has 0 saturated carbocycles. The standard InChI is InChI=1S/C16H22N2O3/c1-3-21-16(20)12-6-8-14(9-7-12)17-15(19)13-5-4-10-18(2)11-13/h6-9,13H,3-5,10-11H2,1-2H3,(H,17,19)/t13-/m1/s1. The van der Waals surface area contributed by atoms with Crippen molar-refractivity contribution in [3.05, 3.63) is 29.8 Å². The average Bonchev–Trinajstić information content (AvgIpc) is 2.48. The minimum Gasteiger partial charge on any atom is -0.462 e. The second kappa shape index (κ2) is 7.22. The molecule has 1 aliphatic rings. The van der Waals surface area contributed by atoms with Crippen LogP contribution in [0.15, 0.2) is 24.3 Å². The molecule has 21 heavy (non-hydrogen) atoms. The first-order valence-corrected chi connectivity index (χ1v) is 7.36. The summed E-state index contributed by atoms with van der Waals surface area (Å²) in [6, 6.07) is 6.80. The van der Waals surface area contributed by atoms with Crippen LogP contribution >= 0.6 is 0 Å². The Hall–Kier alpha value is -1.88. The summed E-state index contributed by atoms with van der Waals surface area (Å²) in [6.45, 7) is 3.98. The second-order valence-corrected chi connectivity index (χ2v) is 5.39. The first-order chi connectivity index (χ1) is 10.1. The summed E-state index contributed by atoms with van der Waals surface area (Å²) < 4.78 is 4.92. The molecule has 1 fully saturated rings. The molecular weight excluding hydrogens is 268 g/mol. The quantitative estimate of drug-likeness (QED) is 0.863. The largest absolute Gasteiger partial charge is 0.462 e. The van der Waals surface area contributed by atoms with Crippen LogP contribution in [0.1, 0.15) is 30.1 Å². The zero-order valence-corrected chi connectivity index (χ0v) is 12.6. The number of anilines is 1. The average molecular weight is 290 g/mol. The first kappa shape index (κ1) is 15.5. The summed E-state index contributed by atoms with van der Waals surface area (Å²) in [5.41, 5.74) is 1.20. The van der Waals surface area contributed by atoms with Gasteiger partial charge in [0.15, 0.2) is 0 Å². The van der Waals surface area contributed by atoms with Gasteiger partial charge in [0.05, 0.1) is 18.1 Å². The molecule has 1 heterocycles. The molecule has 1 N–H and O–H groups in total. The van der Waals surface area contributed by atoms with E-state index in [1.54, 1.807) is 31.2 Å². The molecule has 0 aromatic heterocycles. The molecule has 5 nitrogen and oxygen atoms in total. The molecule has 1 amide bonds. The number of carbonyl (C=O) groups is 2. The van der Waals surface area contributed by atoms with E-state index in [1.807, 2.05) is 7.05 Å². The normalized spacial score (nSPS) is 19.0. The highest BCUT2D eigenvalue weighted by Gasteiger charge is 2.23. The van der Waals surface area contributed by atoms with E-state index < -0.39 is 0 Å². The maximum atomic E-state index is 12.2. The number of likely N-dealkylation sites (tertiary alicyclic amines) is 1. The van der Waals surface area contributed by atoms with Crippen molar-refractivity contribution in [2.45, 2.75) is 19.8 Å². The summed E-state index contributed by atoms with van der Waals surface area (Å²) >= 11 is 0. The molecule has 114 valence electrons. The lowest BCUT2D eigenvalue weighted by molar-refractivity contribution is -0.121. The third-order valence-electron chi connectivity index (χ3n) is 3.66. The Morgan fingerprint density at radius 3 is 2.67 bits per heavy atom. The highest BCUT2D eigenvalue weighted by atomic mass is 16.5. The summed E-state index contributed by atoms with van der Waals surface area (Å²) in [5.74, 6) is -0.261. The topological polar surface area (TPSA) is 58.6 Å². The van der Waals surface area contributed by atoms with E-state index in [9.17, 15) is 9.59 Å². The monoisotopic (exact) mass is 290 g/mol. The lowest BCUT2D eigenvalue weighted by Crippen LogP contribution is -2.38. The van der Waals surface area contributed by atoms with E-state index >= 15 is 0 Å². The van der Waals surface area contributed by atoms with Gasteiger partial charge in [0, 0.05) is 12.2 Å². The van der Waals surface area contributed by atoms with Gasteiger partial charge in [0.2, 0.25) is 5.91 Å². The van der Waals surface area contributed by atoms with Gasteiger partial charge < -0.3 is 15.0 Å². The molecule has 2 rings (SSSR count). The SMILES string of the molecule is CCOC(=O)c1ccc(NC(=O)[C@@H]2CCCN(C)C2)cc1. The maximum Gasteiger partial charge on any atom is 0.338 e. The first-order valence-electron chi connectivity index (χ1n) is 7.36. The maximum absolute atomic E-state index is 12.2. The van der Waals surface area contributed by atoms with Gasteiger partial charge in [-0.05, 0) is 57.6 Å².